The molecule has 1 aromatic heterocycles. The van der Waals surface area contributed by atoms with Gasteiger partial charge in [0.2, 0.25) is 0 Å². The van der Waals surface area contributed by atoms with Gasteiger partial charge in [0, 0.05) is 5.56 Å². The first-order valence-electron chi connectivity index (χ1n) is 5.89. The van der Waals surface area contributed by atoms with Gasteiger partial charge in [-0.25, -0.2) is 4.79 Å². The van der Waals surface area contributed by atoms with E-state index >= 15 is 0 Å². The van der Waals surface area contributed by atoms with E-state index in [1.54, 1.807) is 12.1 Å². The number of hydrogen-bond donors (Lipinski definition) is 1. The SMILES string of the molecule is CC(C)c1nc(-c2ccccc2)ccc1C(=O)O. The van der Waals surface area contributed by atoms with E-state index in [0.717, 1.165) is 11.3 Å². The van der Waals surface area contributed by atoms with E-state index < -0.39 is 5.97 Å². The summed E-state index contributed by atoms with van der Waals surface area (Å²) in [7, 11) is 0. The molecule has 3 nitrogen and oxygen atoms in total. The molecular weight excluding hydrogens is 226 g/mol. The van der Waals surface area contributed by atoms with E-state index in [0.29, 0.717) is 5.69 Å². The van der Waals surface area contributed by atoms with Crippen LogP contribution in [0.5, 0.6) is 0 Å². The minimum atomic E-state index is -0.925. The Kier molecular flexibility index (Phi) is 3.42. The Morgan fingerprint density at radius 2 is 1.78 bits per heavy atom. The molecule has 0 aliphatic heterocycles. The molecule has 0 bridgehead atoms. The van der Waals surface area contributed by atoms with Crippen molar-refractivity contribution in [1.82, 2.24) is 4.98 Å². The number of aromatic nitrogens is 1. The highest BCUT2D eigenvalue weighted by Crippen LogP contribution is 2.23. The van der Waals surface area contributed by atoms with Crippen molar-refractivity contribution in [2.24, 2.45) is 0 Å². The van der Waals surface area contributed by atoms with Crippen LogP contribution in [0.25, 0.3) is 11.3 Å². The summed E-state index contributed by atoms with van der Waals surface area (Å²) in [4.78, 5) is 15.6. The maximum absolute atomic E-state index is 11.1. The van der Waals surface area contributed by atoms with Gasteiger partial charge in [0.15, 0.2) is 0 Å². The van der Waals surface area contributed by atoms with Crippen molar-refractivity contribution in [3.05, 3.63) is 53.7 Å². The number of nitrogens with zero attached hydrogens (tertiary/aromatic N) is 1. The number of carboxylic acids is 1. The van der Waals surface area contributed by atoms with Crippen molar-refractivity contribution in [1.29, 1.82) is 0 Å². The summed E-state index contributed by atoms with van der Waals surface area (Å²) in [6.07, 6.45) is 0. The van der Waals surface area contributed by atoms with Gasteiger partial charge >= 0.3 is 5.97 Å². The molecule has 92 valence electrons. The minimum absolute atomic E-state index is 0.0831. The Labute approximate surface area is 106 Å². The molecule has 0 aliphatic rings. The lowest BCUT2D eigenvalue weighted by Crippen LogP contribution is -2.07. The average Bonchev–Trinajstić information content (AvgIpc) is 2.39. The highest BCUT2D eigenvalue weighted by Gasteiger charge is 2.15. The second-order valence-electron chi connectivity index (χ2n) is 4.46. The van der Waals surface area contributed by atoms with Crippen LogP contribution < -0.4 is 0 Å². The first-order valence-corrected chi connectivity index (χ1v) is 5.89. The van der Waals surface area contributed by atoms with Crippen molar-refractivity contribution < 1.29 is 9.90 Å². The lowest BCUT2D eigenvalue weighted by molar-refractivity contribution is 0.0694. The van der Waals surface area contributed by atoms with Crippen LogP contribution in [0.2, 0.25) is 0 Å². The number of benzene rings is 1. The third-order valence-corrected chi connectivity index (χ3v) is 2.77. The molecule has 1 aromatic carbocycles. The quantitative estimate of drug-likeness (QED) is 0.893. The summed E-state index contributed by atoms with van der Waals surface area (Å²) in [5.74, 6) is -0.842. The fraction of sp³-hybridized carbons (Fsp3) is 0.200. The number of aromatic carboxylic acids is 1. The Hall–Kier alpha value is -2.16. The molecule has 18 heavy (non-hydrogen) atoms. The van der Waals surface area contributed by atoms with Crippen molar-refractivity contribution in [2.45, 2.75) is 19.8 Å². The van der Waals surface area contributed by atoms with Gasteiger partial charge in [-0.2, -0.15) is 0 Å². The summed E-state index contributed by atoms with van der Waals surface area (Å²) in [6.45, 7) is 3.90. The maximum atomic E-state index is 11.1. The molecule has 0 fully saturated rings. The smallest absolute Gasteiger partial charge is 0.337 e. The standard InChI is InChI=1S/C15H15NO2/c1-10(2)14-12(15(17)18)8-9-13(16-14)11-6-4-3-5-7-11/h3-10H,1-2H3,(H,17,18). The number of rotatable bonds is 3. The van der Waals surface area contributed by atoms with E-state index in [4.69, 9.17) is 5.11 Å². The van der Waals surface area contributed by atoms with Crippen molar-refractivity contribution in [3.63, 3.8) is 0 Å². The summed E-state index contributed by atoms with van der Waals surface area (Å²) in [5, 5.41) is 9.14. The molecule has 1 heterocycles. The third-order valence-electron chi connectivity index (χ3n) is 2.77. The molecular formula is C15H15NO2. The van der Waals surface area contributed by atoms with Crippen LogP contribution in [0.3, 0.4) is 0 Å². The van der Waals surface area contributed by atoms with Crippen molar-refractivity contribution in [2.75, 3.05) is 0 Å². The Morgan fingerprint density at radius 3 is 2.33 bits per heavy atom. The van der Waals surface area contributed by atoms with Crippen molar-refractivity contribution >= 4 is 5.97 Å². The van der Waals surface area contributed by atoms with Crippen LogP contribution in [0.1, 0.15) is 35.8 Å². The van der Waals surface area contributed by atoms with Gasteiger partial charge in [0.05, 0.1) is 17.0 Å². The van der Waals surface area contributed by atoms with E-state index in [1.807, 2.05) is 44.2 Å². The summed E-state index contributed by atoms with van der Waals surface area (Å²) < 4.78 is 0. The summed E-state index contributed by atoms with van der Waals surface area (Å²) >= 11 is 0. The van der Waals surface area contributed by atoms with E-state index in [1.165, 1.54) is 0 Å². The highest BCUT2D eigenvalue weighted by atomic mass is 16.4. The summed E-state index contributed by atoms with van der Waals surface area (Å²) in [6, 6.07) is 13.1. The van der Waals surface area contributed by atoms with Gasteiger partial charge in [-0.3, -0.25) is 4.98 Å². The third kappa shape index (κ3) is 2.40. The zero-order chi connectivity index (χ0) is 13.1. The van der Waals surface area contributed by atoms with Crippen molar-refractivity contribution in [3.8, 4) is 11.3 Å². The number of carbonyl (C=O) groups is 1. The zero-order valence-electron chi connectivity index (χ0n) is 10.4. The number of pyridine rings is 1. The van der Waals surface area contributed by atoms with Crippen LogP contribution in [-0.4, -0.2) is 16.1 Å². The van der Waals surface area contributed by atoms with Crippen LogP contribution in [-0.2, 0) is 0 Å². The number of hydrogen-bond acceptors (Lipinski definition) is 2. The molecule has 2 rings (SSSR count). The second-order valence-corrected chi connectivity index (χ2v) is 4.46. The molecule has 0 saturated heterocycles. The second kappa shape index (κ2) is 5.00. The van der Waals surface area contributed by atoms with Gasteiger partial charge in [-0.15, -0.1) is 0 Å². The van der Waals surface area contributed by atoms with Gasteiger partial charge in [-0.1, -0.05) is 44.2 Å². The van der Waals surface area contributed by atoms with Gasteiger partial charge in [0.25, 0.3) is 0 Å². The van der Waals surface area contributed by atoms with Gasteiger partial charge < -0.3 is 5.11 Å². The topological polar surface area (TPSA) is 50.2 Å². The average molecular weight is 241 g/mol. The molecule has 3 heteroatoms. The molecule has 1 N–H and O–H groups in total. The van der Waals surface area contributed by atoms with Crippen LogP contribution in [0.4, 0.5) is 0 Å². The fourth-order valence-corrected chi connectivity index (χ4v) is 1.87. The normalized spacial score (nSPS) is 10.6. The maximum Gasteiger partial charge on any atom is 0.337 e. The number of carboxylic acid groups (broad SMARTS) is 1. The van der Waals surface area contributed by atoms with Crippen LogP contribution in [0, 0.1) is 0 Å². The first-order chi connectivity index (χ1) is 8.59. The first kappa shape index (κ1) is 12.3. The highest BCUT2D eigenvalue weighted by molar-refractivity contribution is 5.89. The van der Waals surface area contributed by atoms with E-state index in [9.17, 15) is 4.79 Å². The van der Waals surface area contributed by atoms with Gasteiger partial charge in [0.1, 0.15) is 0 Å². The fourth-order valence-electron chi connectivity index (χ4n) is 1.87. The molecule has 0 saturated carbocycles. The predicted molar refractivity (Wildman–Crippen MR) is 70.7 cm³/mol. The molecule has 0 radical (unpaired) electrons. The minimum Gasteiger partial charge on any atom is -0.478 e. The molecule has 0 unspecified atom stereocenters. The van der Waals surface area contributed by atoms with E-state index in [2.05, 4.69) is 4.98 Å². The Morgan fingerprint density at radius 1 is 1.11 bits per heavy atom. The van der Waals surface area contributed by atoms with Crippen LogP contribution >= 0.6 is 0 Å². The van der Waals surface area contributed by atoms with Gasteiger partial charge in [-0.05, 0) is 18.1 Å². The molecule has 0 aliphatic carbocycles. The Bertz CT molecular complexity index is 562. The zero-order valence-corrected chi connectivity index (χ0v) is 10.4. The largest absolute Gasteiger partial charge is 0.478 e. The summed E-state index contributed by atoms with van der Waals surface area (Å²) in [5.41, 5.74) is 2.72. The lowest BCUT2D eigenvalue weighted by Gasteiger charge is -2.11. The molecule has 0 spiro atoms. The molecule has 0 atom stereocenters. The van der Waals surface area contributed by atoms with Crippen LogP contribution in [0.15, 0.2) is 42.5 Å². The predicted octanol–water partition coefficient (Wildman–Crippen LogP) is 3.57. The monoisotopic (exact) mass is 241 g/mol. The Balaban J connectivity index is 2.54. The molecule has 0 amide bonds. The molecule has 2 aromatic rings. The lowest BCUT2D eigenvalue weighted by atomic mass is 10.0. The van der Waals surface area contributed by atoms with E-state index in [-0.39, 0.29) is 11.5 Å².